The Morgan fingerprint density at radius 3 is 2.84 bits per heavy atom. The summed E-state index contributed by atoms with van der Waals surface area (Å²) >= 11 is 0. The van der Waals surface area contributed by atoms with Crippen molar-refractivity contribution >= 4 is 5.91 Å². The summed E-state index contributed by atoms with van der Waals surface area (Å²) in [5, 5.41) is 0. The second-order valence-corrected chi connectivity index (χ2v) is 7.34. The van der Waals surface area contributed by atoms with E-state index in [4.69, 9.17) is 9.47 Å². The number of benzene rings is 1. The minimum Gasteiger partial charge on any atom is -0.493 e. The molecule has 0 N–H and O–H groups in total. The van der Waals surface area contributed by atoms with Gasteiger partial charge in [-0.25, -0.2) is 0 Å². The summed E-state index contributed by atoms with van der Waals surface area (Å²) in [6.07, 6.45) is 5.48. The average molecular weight is 344 g/mol. The third-order valence-electron chi connectivity index (χ3n) is 5.62. The fraction of sp³-hybridized carbons (Fsp3) is 0.650. The molecule has 3 heterocycles. The van der Waals surface area contributed by atoms with Gasteiger partial charge < -0.3 is 14.4 Å². The molecule has 0 bridgehead atoms. The molecular formula is C20H28N2O3. The fourth-order valence-corrected chi connectivity index (χ4v) is 4.20. The number of hydrogen-bond acceptors (Lipinski definition) is 4. The summed E-state index contributed by atoms with van der Waals surface area (Å²) < 4.78 is 11.1. The molecule has 25 heavy (non-hydrogen) atoms. The van der Waals surface area contributed by atoms with Gasteiger partial charge in [0, 0.05) is 37.8 Å². The molecule has 2 saturated heterocycles. The Labute approximate surface area is 149 Å². The lowest BCUT2D eigenvalue weighted by Crippen LogP contribution is -2.51. The maximum Gasteiger partial charge on any atom is 0.254 e. The Hall–Kier alpha value is -1.59. The number of rotatable bonds is 3. The maximum absolute atomic E-state index is 13.2. The van der Waals surface area contributed by atoms with E-state index in [0.29, 0.717) is 6.04 Å². The second kappa shape index (κ2) is 7.75. The van der Waals surface area contributed by atoms with Crippen LogP contribution in [0.2, 0.25) is 0 Å². The van der Waals surface area contributed by atoms with Crippen LogP contribution in [-0.2, 0) is 11.2 Å². The highest BCUT2D eigenvalue weighted by Crippen LogP contribution is 2.27. The van der Waals surface area contributed by atoms with Crippen LogP contribution in [0.5, 0.6) is 5.75 Å². The van der Waals surface area contributed by atoms with Crippen LogP contribution in [0.4, 0.5) is 0 Å². The third-order valence-corrected chi connectivity index (χ3v) is 5.62. The van der Waals surface area contributed by atoms with Crippen LogP contribution >= 0.6 is 0 Å². The van der Waals surface area contributed by atoms with Gasteiger partial charge in [0.25, 0.3) is 5.91 Å². The van der Waals surface area contributed by atoms with Gasteiger partial charge in [-0.05, 0) is 55.9 Å². The first-order chi connectivity index (χ1) is 12.3. The predicted octanol–water partition coefficient (Wildman–Crippen LogP) is 2.34. The van der Waals surface area contributed by atoms with Crippen molar-refractivity contribution in [2.24, 2.45) is 0 Å². The molecule has 1 aromatic carbocycles. The molecule has 0 spiro atoms. The van der Waals surface area contributed by atoms with E-state index in [1.807, 2.05) is 12.1 Å². The zero-order valence-electron chi connectivity index (χ0n) is 14.9. The summed E-state index contributed by atoms with van der Waals surface area (Å²) in [4.78, 5) is 17.7. The Morgan fingerprint density at radius 1 is 1.08 bits per heavy atom. The first kappa shape index (κ1) is 16.9. The fourth-order valence-electron chi connectivity index (χ4n) is 4.20. The quantitative estimate of drug-likeness (QED) is 0.844. The van der Waals surface area contributed by atoms with Crippen LogP contribution < -0.4 is 4.74 Å². The number of ether oxygens (including phenoxy) is 2. The number of fused-ring (bicyclic) bond motifs is 1. The number of amides is 1. The number of carbonyl (C=O) groups is 1. The number of hydrogen-bond donors (Lipinski definition) is 0. The number of likely N-dealkylation sites (tertiary alicyclic amines) is 1. The van der Waals surface area contributed by atoms with Crippen molar-refractivity contribution in [3.63, 3.8) is 0 Å². The summed E-state index contributed by atoms with van der Waals surface area (Å²) in [5.74, 6) is 1.14. The molecule has 1 aromatic rings. The van der Waals surface area contributed by atoms with Gasteiger partial charge in [0.05, 0.1) is 19.8 Å². The number of aryl methyl sites for hydroxylation is 1. The monoisotopic (exact) mass is 344 g/mol. The predicted molar refractivity (Wildman–Crippen MR) is 96.2 cm³/mol. The van der Waals surface area contributed by atoms with Gasteiger partial charge in [0.2, 0.25) is 0 Å². The van der Waals surface area contributed by atoms with Crippen LogP contribution in [0, 0.1) is 0 Å². The van der Waals surface area contributed by atoms with Gasteiger partial charge in [0.1, 0.15) is 5.75 Å². The van der Waals surface area contributed by atoms with Crippen LogP contribution in [0.15, 0.2) is 18.2 Å². The smallest absolute Gasteiger partial charge is 0.254 e. The van der Waals surface area contributed by atoms with E-state index in [-0.39, 0.29) is 5.91 Å². The van der Waals surface area contributed by atoms with Crippen LogP contribution in [-0.4, -0.2) is 67.7 Å². The van der Waals surface area contributed by atoms with Crippen molar-refractivity contribution in [1.29, 1.82) is 0 Å². The topological polar surface area (TPSA) is 42.0 Å². The van der Waals surface area contributed by atoms with Crippen molar-refractivity contribution in [3.05, 3.63) is 29.3 Å². The molecule has 4 rings (SSSR count). The van der Waals surface area contributed by atoms with Gasteiger partial charge in [-0.2, -0.15) is 0 Å². The number of piperidine rings is 1. The lowest BCUT2D eigenvalue weighted by atomic mass is 9.98. The van der Waals surface area contributed by atoms with Gasteiger partial charge in [-0.3, -0.25) is 9.69 Å². The molecule has 0 radical (unpaired) electrons. The molecule has 3 aliphatic heterocycles. The summed E-state index contributed by atoms with van der Waals surface area (Å²) in [6, 6.07) is 6.29. The van der Waals surface area contributed by atoms with Crippen LogP contribution in [0.1, 0.15) is 41.6 Å². The largest absolute Gasteiger partial charge is 0.493 e. The van der Waals surface area contributed by atoms with Gasteiger partial charge in [-0.15, -0.1) is 0 Å². The molecule has 2 fully saturated rings. The molecule has 1 atom stereocenters. The second-order valence-electron chi connectivity index (χ2n) is 7.34. The molecule has 1 amide bonds. The zero-order chi connectivity index (χ0) is 17.1. The van der Waals surface area contributed by atoms with Crippen molar-refractivity contribution in [2.75, 3.05) is 46.0 Å². The molecule has 5 nitrogen and oxygen atoms in total. The SMILES string of the molecule is O=C(c1ccc2c(c1)CCCO2)N1CCCCC1CN1CCOCC1. The normalized spacial score (nSPS) is 24.5. The van der Waals surface area contributed by atoms with E-state index in [1.165, 1.54) is 12.0 Å². The Bertz CT molecular complexity index is 613. The number of nitrogens with zero attached hydrogens (tertiary/aromatic N) is 2. The van der Waals surface area contributed by atoms with Gasteiger partial charge in [-0.1, -0.05) is 0 Å². The molecule has 0 aromatic heterocycles. The molecule has 3 aliphatic rings. The van der Waals surface area contributed by atoms with Crippen molar-refractivity contribution in [3.8, 4) is 5.75 Å². The summed E-state index contributed by atoms with van der Waals surface area (Å²) in [5.41, 5.74) is 2.00. The summed E-state index contributed by atoms with van der Waals surface area (Å²) in [7, 11) is 0. The molecule has 5 heteroatoms. The lowest BCUT2D eigenvalue weighted by Gasteiger charge is -2.39. The standard InChI is InChI=1S/C20H28N2O3/c23-20(17-6-7-19-16(14-17)4-3-11-25-19)22-8-2-1-5-18(22)15-21-9-12-24-13-10-21/h6-7,14,18H,1-5,8-13,15H2. The highest BCUT2D eigenvalue weighted by Gasteiger charge is 2.30. The van der Waals surface area contributed by atoms with E-state index < -0.39 is 0 Å². The maximum atomic E-state index is 13.2. The first-order valence-corrected chi connectivity index (χ1v) is 9.68. The van der Waals surface area contributed by atoms with E-state index in [9.17, 15) is 4.79 Å². The van der Waals surface area contributed by atoms with E-state index in [0.717, 1.165) is 83.0 Å². The first-order valence-electron chi connectivity index (χ1n) is 9.68. The molecule has 0 aliphatic carbocycles. The van der Waals surface area contributed by atoms with Gasteiger partial charge >= 0.3 is 0 Å². The third kappa shape index (κ3) is 3.82. The van der Waals surface area contributed by atoms with Crippen LogP contribution in [0.25, 0.3) is 0 Å². The number of morpholine rings is 1. The van der Waals surface area contributed by atoms with E-state index >= 15 is 0 Å². The Kier molecular flexibility index (Phi) is 5.22. The zero-order valence-corrected chi connectivity index (χ0v) is 14.9. The summed E-state index contributed by atoms with van der Waals surface area (Å²) in [6.45, 7) is 6.22. The minimum atomic E-state index is 0.186. The van der Waals surface area contributed by atoms with E-state index in [1.54, 1.807) is 0 Å². The minimum absolute atomic E-state index is 0.186. The van der Waals surface area contributed by atoms with Crippen molar-refractivity contribution < 1.29 is 14.3 Å². The molecular weight excluding hydrogens is 316 g/mol. The highest BCUT2D eigenvalue weighted by atomic mass is 16.5. The molecule has 0 saturated carbocycles. The van der Waals surface area contributed by atoms with Gasteiger partial charge in [0.15, 0.2) is 0 Å². The highest BCUT2D eigenvalue weighted by molar-refractivity contribution is 5.95. The molecule has 1 unspecified atom stereocenters. The Morgan fingerprint density at radius 2 is 1.96 bits per heavy atom. The van der Waals surface area contributed by atoms with Crippen molar-refractivity contribution in [2.45, 2.75) is 38.1 Å². The van der Waals surface area contributed by atoms with Crippen molar-refractivity contribution in [1.82, 2.24) is 9.80 Å². The molecule has 136 valence electrons. The number of carbonyl (C=O) groups excluding carboxylic acids is 1. The Balaban J connectivity index is 1.48. The van der Waals surface area contributed by atoms with Crippen LogP contribution in [0.3, 0.4) is 0 Å². The average Bonchev–Trinajstić information content (AvgIpc) is 2.68. The van der Waals surface area contributed by atoms with E-state index in [2.05, 4.69) is 15.9 Å². The lowest BCUT2D eigenvalue weighted by molar-refractivity contribution is 0.0166.